The Labute approximate surface area is 137 Å². The van der Waals surface area contributed by atoms with Gasteiger partial charge in [-0.2, -0.15) is 0 Å². The number of aromatic carboxylic acids is 1. The SMILES string of the molecule is O=C(NC1CCN(c2ncccc2F)C1)c1ccc(C(=O)O)nc1. The lowest BCUT2D eigenvalue weighted by atomic mass is 10.2. The zero-order chi connectivity index (χ0) is 17.1. The molecule has 1 amide bonds. The van der Waals surface area contributed by atoms with E-state index in [1.807, 2.05) is 0 Å². The molecule has 124 valence electrons. The number of pyridine rings is 2. The Balaban J connectivity index is 1.62. The van der Waals surface area contributed by atoms with Crippen LogP contribution in [-0.2, 0) is 0 Å². The number of halogens is 1. The van der Waals surface area contributed by atoms with E-state index in [1.54, 1.807) is 4.90 Å². The summed E-state index contributed by atoms with van der Waals surface area (Å²) in [6, 6.07) is 5.43. The fraction of sp³-hybridized carbons (Fsp3) is 0.250. The van der Waals surface area contributed by atoms with Gasteiger partial charge in [0.25, 0.3) is 5.91 Å². The molecule has 24 heavy (non-hydrogen) atoms. The normalized spacial score (nSPS) is 16.9. The molecule has 8 heteroatoms. The van der Waals surface area contributed by atoms with E-state index in [-0.39, 0.29) is 29.0 Å². The molecule has 7 nitrogen and oxygen atoms in total. The van der Waals surface area contributed by atoms with E-state index in [2.05, 4.69) is 15.3 Å². The lowest BCUT2D eigenvalue weighted by molar-refractivity contribution is 0.0689. The van der Waals surface area contributed by atoms with Gasteiger partial charge in [0.15, 0.2) is 11.6 Å². The van der Waals surface area contributed by atoms with Crippen LogP contribution in [0.5, 0.6) is 0 Å². The van der Waals surface area contributed by atoms with Crippen LogP contribution in [0.4, 0.5) is 10.2 Å². The molecule has 2 N–H and O–H groups in total. The van der Waals surface area contributed by atoms with Gasteiger partial charge < -0.3 is 15.3 Å². The minimum atomic E-state index is -1.15. The molecule has 0 spiro atoms. The average molecular weight is 330 g/mol. The molecule has 1 saturated heterocycles. The van der Waals surface area contributed by atoms with Crippen molar-refractivity contribution in [2.24, 2.45) is 0 Å². The topological polar surface area (TPSA) is 95.4 Å². The van der Waals surface area contributed by atoms with Gasteiger partial charge in [0.1, 0.15) is 5.69 Å². The minimum absolute atomic E-state index is 0.121. The number of nitrogens with zero attached hydrogens (tertiary/aromatic N) is 3. The standard InChI is InChI=1S/C16H15FN4O3/c17-12-2-1-6-18-14(12)21-7-5-11(9-21)20-15(22)10-3-4-13(16(23)24)19-8-10/h1-4,6,8,11H,5,7,9H2,(H,20,22)(H,23,24). The molecule has 0 aromatic carbocycles. The number of hydrogen-bond acceptors (Lipinski definition) is 5. The Kier molecular flexibility index (Phi) is 4.37. The van der Waals surface area contributed by atoms with Gasteiger partial charge in [-0.05, 0) is 30.7 Å². The summed E-state index contributed by atoms with van der Waals surface area (Å²) >= 11 is 0. The third-order valence-electron chi connectivity index (χ3n) is 3.81. The van der Waals surface area contributed by atoms with E-state index >= 15 is 0 Å². The fourth-order valence-electron chi connectivity index (χ4n) is 2.60. The maximum Gasteiger partial charge on any atom is 0.354 e. The third kappa shape index (κ3) is 3.32. The highest BCUT2D eigenvalue weighted by Gasteiger charge is 2.26. The minimum Gasteiger partial charge on any atom is -0.477 e. The number of nitrogens with one attached hydrogen (secondary N) is 1. The van der Waals surface area contributed by atoms with E-state index in [4.69, 9.17) is 5.11 Å². The van der Waals surface area contributed by atoms with Crippen LogP contribution < -0.4 is 10.2 Å². The lowest BCUT2D eigenvalue weighted by Gasteiger charge is -2.18. The maximum atomic E-state index is 13.8. The molecule has 3 rings (SSSR count). The van der Waals surface area contributed by atoms with Gasteiger partial charge in [0, 0.05) is 31.5 Å². The third-order valence-corrected chi connectivity index (χ3v) is 3.81. The van der Waals surface area contributed by atoms with Gasteiger partial charge in [0.05, 0.1) is 5.56 Å². The molecule has 0 saturated carbocycles. The lowest BCUT2D eigenvalue weighted by Crippen LogP contribution is -2.37. The van der Waals surface area contributed by atoms with Crippen molar-refractivity contribution < 1.29 is 19.1 Å². The Bertz CT molecular complexity index is 766. The second-order valence-electron chi connectivity index (χ2n) is 5.45. The van der Waals surface area contributed by atoms with Crippen molar-refractivity contribution in [3.05, 3.63) is 53.7 Å². The number of carbonyl (C=O) groups excluding carboxylic acids is 1. The first-order chi connectivity index (χ1) is 11.5. The molecular formula is C16H15FN4O3. The predicted molar refractivity (Wildman–Crippen MR) is 83.5 cm³/mol. The van der Waals surface area contributed by atoms with Crippen molar-refractivity contribution in [1.82, 2.24) is 15.3 Å². The number of carbonyl (C=O) groups is 2. The smallest absolute Gasteiger partial charge is 0.354 e. The molecule has 2 aromatic rings. The van der Waals surface area contributed by atoms with E-state index < -0.39 is 11.8 Å². The van der Waals surface area contributed by atoms with Crippen molar-refractivity contribution in [2.75, 3.05) is 18.0 Å². The van der Waals surface area contributed by atoms with Crippen molar-refractivity contribution in [1.29, 1.82) is 0 Å². The Hall–Kier alpha value is -3.03. The zero-order valence-electron chi connectivity index (χ0n) is 12.6. The van der Waals surface area contributed by atoms with E-state index in [0.29, 0.717) is 19.5 Å². The molecule has 0 bridgehead atoms. The summed E-state index contributed by atoms with van der Waals surface area (Å²) in [5.41, 5.74) is 0.159. The monoisotopic (exact) mass is 330 g/mol. The molecule has 1 fully saturated rings. The largest absolute Gasteiger partial charge is 0.477 e. The van der Waals surface area contributed by atoms with Crippen LogP contribution in [0.1, 0.15) is 27.3 Å². The Morgan fingerprint density at radius 3 is 2.79 bits per heavy atom. The first-order valence-corrected chi connectivity index (χ1v) is 7.40. The van der Waals surface area contributed by atoms with Crippen LogP contribution >= 0.6 is 0 Å². The van der Waals surface area contributed by atoms with Crippen molar-refractivity contribution >= 4 is 17.7 Å². The van der Waals surface area contributed by atoms with Crippen LogP contribution in [0.3, 0.4) is 0 Å². The van der Waals surface area contributed by atoms with Gasteiger partial charge >= 0.3 is 5.97 Å². The molecule has 0 radical (unpaired) electrons. The molecule has 2 aromatic heterocycles. The maximum absolute atomic E-state index is 13.8. The summed E-state index contributed by atoms with van der Waals surface area (Å²) in [6.45, 7) is 1.05. The molecule has 1 aliphatic rings. The number of carboxylic acid groups (broad SMARTS) is 1. The first kappa shape index (κ1) is 15.9. The second kappa shape index (κ2) is 6.61. The summed E-state index contributed by atoms with van der Waals surface area (Å²) in [4.78, 5) is 32.5. The number of aromatic nitrogens is 2. The Morgan fingerprint density at radius 1 is 1.29 bits per heavy atom. The van der Waals surface area contributed by atoms with Gasteiger partial charge in [-0.15, -0.1) is 0 Å². The molecule has 1 aliphatic heterocycles. The number of rotatable bonds is 4. The highest BCUT2D eigenvalue weighted by atomic mass is 19.1. The molecule has 3 heterocycles. The first-order valence-electron chi connectivity index (χ1n) is 7.40. The van der Waals surface area contributed by atoms with E-state index in [1.165, 1.54) is 36.7 Å². The van der Waals surface area contributed by atoms with Crippen LogP contribution in [0.2, 0.25) is 0 Å². The molecule has 0 aliphatic carbocycles. The predicted octanol–water partition coefficient (Wildman–Crippen LogP) is 1.32. The summed E-state index contributed by atoms with van der Waals surface area (Å²) in [5, 5.41) is 11.6. The van der Waals surface area contributed by atoms with Gasteiger partial charge in [-0.1, -0.05) is 0 Å². The molecular weight excluding hydrogens is 315 g/mol. The fourth-order valence-corrected chi connectivity index (χ4v) is 2.60. The summed E-state index contributed by atoms with van der Waals surface area (Å²) < 4.78 is 13.8. The van der Waals surface area contributed by atoms with Gasteiger partial charge in [-0.25, -0.2) is 19.2 Å². The van der Waals surface area contributed by atoms with Crippen LogP contribution in [0, 0.1) is 5.82 Å². The Morgan fingerprint density at radius 2 is 2.12 bits per heavy atom. The van der Waals surface area contributed by atoms with E-state index in [0.717, 1.165) is 0 Å². The summed E-state index contributed by atoms with van der Waals surface area (Å²) in [5.74, 6) is -1.60. The zero-order valence-corrected chi connectivity index (χ0v) is 12.6. The second-order valence-corrected chi connectivity index (χ2v) is 5.45. The number of hydrogen-bond donors (Lipinski definition) is 2. The quantitative estimate of drug-likeness (QED) is 0.878. The molecule has 1 atom stereocenters. The number of carboxylic acids is 1. The highest BCUT2D eigenvalue weighted by molar-refractivity contribution is 5.95. The van der Waals surface area contributed by atoms with Crippen molar-refractivity contribution in [3.8, 4) is 0 Å². The number of amides is 1. The summed E-state index contributed by atoms with van der Waals surface area (Å²) in [6.07, 6.45) is 3.42. The highest BCUT2D eigenvalue weighted by Crippen LogP contribution is 2.20. The average Bonchev–Trinajstić information content (AvgIpc) is 3.03. The van der Waals surface area contributed by atoms with Crippen molar-refractivity contribution in [2.45, 2.75) is 12.5 Å². The van der Waals surface area contributed by atoms with Crippen LogP contribution in [0.15, 0.2) is 36.7 Å². The van der Waals surface area contributed by atoms with Crippen LogP contribution in [0.25, 0.3) is 0 Å². The van der Waals surface area contributed by atoms with E-state index in [9.17, 15) is 14.0 Å². The van der Waals surface area contributed by atoms with Gasteiger partial charge in [0.2, 0.25) is 0 Å². The molecule has 1 unspecified atom stereocenters. The summed E-state index contributed by atoms with van der Waals surface area (Å²) in [7, 11) is 0. The van der Waals surface area contributed by atoms with Gasteiger partial charge in [-0.3, -0.25) is 4.79 Å². The number of anilines is 1. The van der Waals surface area contributed by atoms with Crippen molar-refractivity contribution in [3.63, 3.8) is 0 Å². The van der Waals surface area contributed by atoms with Crippen LogP contribution in [-0.4, -0.2) is 46.1 Å².